The first kappa shape index (κ1) is 21.0. The summed E-state index contributed by atoms with van der Waals surface area (Å²) >= 11 is 0. The number of carbonyl (C=O) groups excluding carboxylic acids is 1. The zero-order valence-corrected chi connectivity index (χ0v) is 17.6. The summed E-state index contributed by atoms with van der Waals surface area (Å²) in [4.78, 5) is 20.3. The van der Waals surface area contributed by atoms with Crippen LogP contribution in [0.2, 0.25) is 0 Å². The highest BCUT2D eigenvalue weighted by Gasteiger charge is 2.59. The van der Waals surface area contributed by atoms with Crippen molar-refractivity contribution in [2.24, 2.45) is 22.7 Å². The summed E-state index contributed by atoms with van der Waals surface area (Å²) in [5.41, 5.74) is 0.928. The number of rotatable bonds is 6. The second kappa shape index (κ2) is 8.49. The summed E-state index contributed by atoms with van der Waals surface area (Å²) < 4.78 is 32.7. The maximum absolute atomic E-state index is 13.8. The van der Waals surface area contributed by atoms with Gasteiger partial charge in [0.1, 0.15) is 0 Å². The second-order valence-electron chi connectivity index (χ2n) is 8.62. The van der Waals surface area contributed by atoms with Gasteiger partial charge in [0.05, 0.1) is 24.6 Å². The average Bonchev–Trinajstić information content (AvgIpc) is 3.24. The van der Waals surface area contributed by atoms with Crippen molar-refractivity contribution in [3.05, 3.63) is 23.8 Å². The van der Waals surface area contributed by atoms with Gasteiger partial charge in [0.15, 0.2) is 11.6 Å². The molecule has 5 atom stereocenters. The van der Waals surface area contributed by atoms with Gasteiger partial charge in [0, 0.05) is 44.4 Å². The van der Waals surface area contributed by atoms with Crippen LogP contribution in [-0.2, 0) is 4.74 Å². The number of fused-ring (bicyclic) bond motifs is 1. The van der Waals surface area contributed by atoms with E-state index in [4.69, 9.17) is 4.74 Å². The first-order valence-electron chi connectivity index (χ1n) is 10.8. The number of halogens is 2. The third-order valence-corrected chi connectivity index (χ3v) is 7.11. The molecule has 1 heterocycles. The topological polar surface area (TPSA) is 57.2 Å². The maximum Gasteiger partial charge on any atom is 0.317 e. The van der Waals surface area contributed by atoms with Gasteiger partial charge in [0.2, 0.25) is 0 Å². The van der Waals surface area contributed by atoms with Crippen molar-refractivity contribution < 1.29 is 18.3 Å². The van der Waals surface area contributed by atoms with Crippen LogP contribution >= 0.6 is 0 Å². The van der Waals surface area contributed by atoms with Gasteiger partial charge in [-0.15, -0.1) is 0 Å². The fraction of sp³-hybridized carbons (Fsp3) is 0.636. The molecule has 0 radical (unpaired) electrons. The standard InChI is InChI=1S/C22H30F2N4O2/c1-4-18(26-22(29)28-5-7-30-8-6-28)21-14-9-13(10-15(14)21)27(3)20-12-17(24)16(23)11-19(20)25-2/h11-15,18,21H,2,4-10H2,1,3H3,(H,26,29)/t13?,14-,15+,18-,21?/m1/s1. The molecule has 2 unspecified atom stereocenters. The Morgan fingerprint density at radius 1 is 1.30 bits per heavy atom. The van der Waals surface area contributed by atoms with Gasteiger partial charge < -0.3 is 19.9 Å². The van der Waals surface area contributed by atoms with Crippen LogP contribution in [0.25, 0.3) is 0 Å². The van der Waals surface area contributed by atoms with Crippen LogP contribution in [0.3, 0.4) is 0 Å². The van der Waals surface area contributed by atoms with E-state index in [0.717, 1.165) is 25.3 Å². The number of aliphatic imine (C=N–C) groups is 1. The lowest BCUT2D eigenvalue weighted by Gasteiger charge is -2.32. The van der Waals surface area contributed by atoms with Gasteiger partial charge in [-0.25, -0.2) is 13.6 Å². The molecule has 1 N–H and O–H groups in total. The summed E-state index contributed by atoms with van der Waals surface area (Å²) in [5.74, 6) is -0.185. The first-order chi connectivity index (χ1) is 14.4. The molecule has 0 spiro atoms. The molecular formula is C22H30F2N4O2. The van der Waals surface area contributed by atoms with Crippen molar-refractivity contribution in [2.75, 3.05) is 38.3 Å². The molecule has 3 aliphatic rings. The normalized spacial score (nSPS) is 28.6. The lowest BCUT2D eigenvalue weighted by molar-refractivity contribution is 0.0521. The predicted molar refractivity (Wildman–Crippen MR) is 112 cm³/mol. The highest BCUT2D eigenvalue weighted by Crippen LogP contribution is 2.60. The SMILES string of the molecule is C=Nc1cc(F)c(F)cc1N(C)C1C[C@@H]2C([C@@H](CC)NC(=O)N3CCOCC3)[C@@H]2C1. The third-order valence-electron chi connectivity index (χ3n) is 7.11. The summed E-state index contributed by atoms with van der Waals surface area (Å²) in [6, 6.07) is 2.73. The van der Waals surface area contributed by atoms with Crippen LogP contribution in [-0.4, -0.2) is 63.1 Å². The highest BCUT2D eigenvalue weighted by atomic mass is 19.2. The van der Waals surface area contributed by atoms with Crippen molar-refractivity contribution in [1.82, 2.24) is 10.2 Å². The Morgan fingerprint density at radius 2 is 1.93 bits per heavy atom. The van der Waals surface area contributed by atoms with Crippen LogP contribution in [0.5, 0.6) is 0 Å². The number of benzene rings is 1. The van der Waals surface area contributed by atoms with Crippen molar-refractivity contribution in [2.45, 2.75) is 38.3 Å². The molecule has 1 aromatic rings. The van der Waals surface area contributed by atoms with E-state index in [2.05, 4.69) is 24.0 Å². The highest BCUT2D eigenvalue weighted by molar-refractivity contribution is 5.74. The summed E-state index contributed by atoms with van der Waals surface area (Å²) in [7, 11) is 1.91. The summed E-state index contributed by atoms with van der Waals surface area (Å²) in [6.45, 7) is 8.08. The minimum Gasteiger partial charge on any atom is -0.378 e. The number of nitrogens with one attached hydrogen (secondary N) is 1. The molecular weight excluding hydrogens is 390 g/mol. The number of carbonyl (C=O) groups is 1. The monoisotopic (exact) mass is 420 g/mol. The average molecular weight is 421 g/mol. The molecule has 2 aliphatic carbocycles. The maximum atomic E-state index is 13.8. The number of anilines is 1. The van der Waals surface area contributed by atoms with E-state index in [1.807, 2.05) is 16.8 Å². The van der Waals surface area contributed by atoms with Crippen molar-refractivity contribution in [3.8, 4) is 0 Å². The number of hydrogen-bond acceptors (Lipinski definition) is 4. The molecule has 0 bridgehead atoms. The van der Waals surface area contributed by atoms with Crippen molar-refractivity contribution in [3.63, 3.8) is 0 Å². The smallest absolute Gasteiger partial charge is 0.317 e. The number of hydrogen-bond donors (Lipinski definition) is 1. The minimum absolute atomic E-state index is 0.00674. The first-order valence-corrected chi connectivity index (χ1v) is 10.8. The van der Waals surface area contributed by atoms with Crippen LogP contribution in [0.4, 0.5) is 25.0 Å². The van der Waals surface area contributed by atoms with Gasteiger partial charge in [-0.3, -0.25) is 4.99 Å². The molecule has 0 aromatic heterocycles. The Morgan fingerprint density at radius 3 is 2.53 bits per heavy atom. The van der Waals surface area contributed by atoms with Gasteiger partial charge in [0.25, 0.3) is 0 Å². The van der Waals surface area contributed by atoms with Crippen molar-refractivity contribution in [1.29, 1.82) is 0 Å². The second-order valence-corrected chi connectivity index (χ2v) is 8.62. The molecule has 1 aromatic carbocycles. The van der Waals surface area contributed by atoms with E-state index >= 15 is 0 Å². The molecule has 4 rings (SSSR count). The molecule has 164 valence electrons. The van der Waals surface area contributed by atoms with Crippen LogP contribution in [0.15, 0.2) is 17.1 Å². The Bertz CT molecular complexity index is 803. The Balaban J connectivity index is 1.36. The summed E-state index contributed by atoms with van der Waals surface area (Å²) in [6.07, 6.45) is 2.86. The molecule has 1 aliphatic heterocycles. The Hall–Kier alpha value is -2.22. The summed E-state index contributed by atoms with van der Waals surface area (Å²) in [5, 5.41) is 3.24. The molecule has 2 amide bonds. The number of ether oxygens (including phenoxy) is 1. The Kier molecular flexibility index (Phi) is 5.95. The zero-order chi connectivity index (χ0) is 21.4. The van der Waals surface area contributed by atoms with Crippen LogP contribution in [0, 0.1) is 29.4 Å². The minimum atomic E-state index is -0.911. The number of morpholine rings is 1. The zero-order valence-electron chi connectivity index (χ0n) is 17.6. The lowest BCUT2D eigenvalue weighted by Crippen LogP contribution is -2.50. The van der Waals surface area contributed by atoms with Gasteiger partial charge in [-0.05, 0) is 43.7 Å². The number of nitrogens with zero attached hydrogens (tertiary/aromatic N) is 3. The molecule has 1 saturated heterocycles. The van der Waals surface area contributed by atoms with E-state index in [1.54, 1.807) is 0 Å². The van der Waals surface area contributed by atoms with Crippen LogP contribution < -0.4 is 10.2 Å². The van der Waals surface area contributed by atoms with Crippen molar-refractivity contribution >= 4 is 24.1 Å². The quantitative estimate of drug-likeness (QED) is 0.716. The van der Waals surface area contributed by atoms with E-state index in [-0.39, 0.29) is 18.1 Å². The molecule has 6 nitrogen and oxygen atoms in total. The van der Waals surface area contributed by atoms with E-state index < -0.39 is 11.6 Å². The molecule has 30 heavy (non-hydrogen) atoms. The fourth-order valence-electron chi connectivity index (χ4n) is 5.39. The van der Waals surface area contributed by atoms with Crippen LogP contribution in [0.1, 0.15) is 26.2 Å². The predicted octanol–water partition coefficient (Wildman–Crippen LogP) is 3.58. The molecule has 8 heteroatoms. The third kappa shape index (κ3) is 3.89. The Labute approximate surface area is 176 Å². The van der Waals surface area contributed by atoms with E-state index in [0.29, 0.717) is 55.4 Å². The number of amides is 2. The van der Waals surface area contributed by atoms with Gasteiger partial charge >= 0.3 is 6.03 Å². The van der Waals surface area contributed by atoms with Gasteiger partial charge in [-0.2, -0.15) is 0 Å². The van der Waals surface area contributed by atoms with Gasteiger partial charge in [-0.1, -0.05) is 6.92 Å². The molecule has 3 fully saturated rings. The lowest BCUT2D eigenvalue weighted by atomic mass is 9.98. The largest absolute Gasteiger partial charge is 0.378 e. The van der Waals surface area contributed by atoms with E-state index in [1.165, 1.54) is 6.07 Å². The number of urea groups is 1. The fourth-order valence-corrected chi connectivity index (χ4v) is 5.39. The molecule has 2 saturated carbocycles. The van der Waals surface area contributed by atoms with E-state index in [9.17, 15) is 13.6 Å².